The van der Waals surface area contributed by atoms with Gasteiger partial charge in [0.1, 0.15) is 41.8 Å². The van der Waals surface area contributed by atoms with Crippen LogP contribution in [-0.2, 0) is 59.5 Å². The number of halogens is 8. The molecule has 0 amide bonds. The monoisotopic (exact) mass is 1720 g/mol. The molecule has 0 spiro atoms. The number of fused-ring (bicyclic) bond motifs is 14. The van der Waals surface area contributed by atoms with Gasteiger partial charge in [-0.3, -0.25) is 27.5 Å². The summed E-state index contributed by atoms with van der Waals surface area (Å²) in [6.07, 6.45) is 11.2. The number of pyridine rings is 2. The van der Waals surface area contributed by atoms with Gasteiger partial charge in [-0.15, -0.1) is 37.6 Å². The molecule has 8 aliphatic heterocycles. The zero-order chi connectivity index (χ0) is 69.4. The van der Waals surface area contributed by atoms with E-state index in [1.54, 1.807) is 61.2 Å². The molecular formula is C79H68F8Ir2N12-4. The van der Waals surface area contributed by atoms with Gasteiger partial charge < -0.3 is 49.0 Å². The average Bonchev–Trinajstić information content (AvgIpc) is 1.58. The van der Waals surface area contributed by atoms with Crippen LogP contribution < -0.4 is 44.1 Å². The van der Waals surface area contributed by atoms with Crippen LogP contribution in [0.15, 0.2) is 183 Å². The number of aryl methyl sites for hydroxylation is 6. The molecule has 8 aliphatic rings. The number of aromatic nitrogens is 2. The smallest absolute Gasteiger partial charge is 0.150 e. The molecule has 0 saturated heterocycles. The zero-order valence-electron chi connectivity index (χ0n) is 56.4. The minimum Gasteiger partial charge on any atom is -0.498 e. The third kappa shape index (κ3) is 13.4. The van der Waals surface area contributed by atoms with Crippen molar-refractivity contribution in [2.24, 2.45) is 0 Å². The second kappa shape index (κ2) is 28.7. The van der Waals surface area contributed by atoms with E-state index in [1.807, 2.05) is 61.3 Å². The minimum atomic E-state index is -0.739. The Morgan fingerprint density at radius 1 is 0.386 bits per heavy atom. The van der Waals surface area contributed by atoms with E-state index in [1.165, 1.54) is 73.4 Å². The number of likely N-dealkylation sites (N-methyl/N-ethyl adjacent to an activating group) is 3. The van der Waals surface area contributed by atoms with Crippen LogP contribution in [0.1, 0.15) is 50.6 Å². The molecule has 3 atom stereocenters. The van der Waals surface area contributed by atoms with E-state index in [0.717, 1.165) is 94.0 Å². The Bertz CT molecular complexity index is 4630. The second-order valence-electron chi connectivity index (χ2n) is 25.5. The summed E-state index contributed by atoms with van der Waals surface area (Å²) < 4.78 is 110. The van der Waals surface area contributed by atoms with Gasteiger partial charge in [-0.2, -0.15) is 12.1 Å². The third-order valence-electron chi connectivity index (χ3n) is 18.8. The second-order valence-corrected chi connectivity index (χ2v) is 25.5. The Labute approximate surface area is 610 Å². The van der Waals surface area contributed by atoms with Gasteiger partial charge in [0.25, 0.3) is 0 Å². The Morgan fingerprint density at radius 3 is 1.40 bits per heavy atom. The minimum absolute atomic E-state index is 0. The molecule has 8 aromatic carbocycles. The van der Waals surface area contributed by atoms with E-state index < -0.39 is 34.9 Å². The molecule has 3 unspecified atom stereocenters. The first-order valence-corrected chi connectivity index (χ1v) is 32.3. The molecular weight excluding hydrogens is 1650 g/mol. The fourth-order valence-electron chi connectivity index (χ4n) is 14.4. The predicted molar refractivity (Wildman–Crippen MR) is 376 cm³/mol. The van der Waals surface area contributed by atoms with Crippen molar-refractivity contribution in [2.45, 2.75) is 79.3 Å². The van der Waals surface area contributed by atoms with Gasteiger partial charge in [-0.1, -0.05) is 59.9 Å². The molecule has 0 aliphatic carbocycles. The quantitative estimate of drug-likeness (QED) is 0.125. The van der Waals surface area contributed by atoms with E-state index in [4.69, 9.17) is 0 Å². The van der Waals surface area contributed by atoms with Crippen molar-refractivity contribution in [3.05, 3.63) is 305 Å². The fourth-order valence-corrected chi connectivity index (χ4v) is 14.4. The van der Waals surface area contributed by atoms with Crippen LogP contribution in [0.2, 0.25) is 0 Å². The number of anilines is 13. The first kappa shape index (κ1) is 71.1. The van der Waals surface area contributed by atoms with Crippen molar-refractivity contribution >= 4 is 73.9 Å². The Kier molecular flexibility index (Phi) is 20.2. The summed E-state index contributed by atoms with van der Waals surface area (Å²) in [5, 5.41) is 0. The number of rotatable bonds is 4. The van der Waals surface area contributed by atoms with Crippen molar-refractivity contribution in [3.8, 4) is 0 Å². The summed E-state index contributed by atoms with van der Waals surface area (Å²) in [5.41, 5.74) is 19.8. The van der Waals surface area contributed by atoms with Crippen LogP contribution in [0.3, 0.4) is 0 Å². The van der Waals surface area contributed by atoms with Gasteiger partial charge in [-0.25, -0.2) is 17.6 Å². The van der Waals surface area contributed by atoms with Crippen molar-refractivity contribution in [3.63, 3.8) is 0 Å². The zero-order valence-corrected chi connectivity index (χ0v) is 61.2. The summed E-state index contributed by atoms with van der Waals surface area (Å²) in [4.78, 5) is 28.8. The van der Waals surface area contributed by atoms with E-state index >= 15 is 0 Å². The largest absolute Gasteiger partial charge is 0.498 e. The summed E-state index contributed by atoms with van der Waals surface area (Å²) in [6, 6.07) is 49.2. The Morgan fingerprint density at radius 2 is 0.842 bits per heavy atom. The Hall–Kier alpha value is -9.72. The molecule has 101 heavy (non-hydrogen) atoms. The average molecular weight is 1720 g/mol. The molecule has 522 valence electrons. The van der Waals surface area contributed by atoms with E-state index in [2.05, 4.69) is 137 Å². The molecule has 10 heterocycles. The number of hydrogen-bond donors (Lipinski definition) is 0. The van der Waals surface area contributed by atoms with Gasteiger partial charge in [0, 0.05) is 156 Å². The fraction of sp³-hybridized carbons (Fsp3) is 0.190. The van der Waals surface area contributed by atoms with Crippen molar-refractivity contribution in [1.29, 1.82) is 0 Å². The van der Waals surface area contributed by atoms with Gasteiger partial charge >= 0.3 is 0 Å². The van der Waals surface area contributed by atoms with Crippen LogP contribution >= 0.6 is 0 Å². The molecule has 2 aromatic heterocycles. The van der Waals surface area contributed by atoms with Crippen LogP contribution in [-0.4, -0.2) is 54.5 Å². The summed E-state index contributed by atoms with van der Waals surface area (Å²) in [7, 11) is 6.30. The standard InChI is InChI=1S/C20H13F3N2.C16H11F3N2.C16H17N3.C15H12F2N2.C12H15N3.2Ir/c1-13-6-8-17(15(22)10-13)24-12-25(20-5-3-2-4-19(20)24)18-9-7-14(21)11-16(18)23;1-11-2-4-15(13(18)8-11)20-6-7-21(10-20)16-5-3-12(17)9-14(16)19;1-10-8-12-9-15-18(3)13-6-4-5-7-14(13)19(15)16(12)11(2)17-10;1-18-12-4-2-3-5-13(12)19-14(18)7-9-6-10(16)8-11(17)15(9)19;1-8-6-10-7-11-14(3)4-5-15(11)12(10)9(2)13-8;;/h2-8,10-12H,1H3;2-4,6-10H,1H3;4-8,15H,9H2,1-3H3;2-6,8,14H,7H2,1H3;4-6,11H,7H2,1-3H3;;/q2*-2;;;;;. The first-order valence-electron chi connectivity index (χ1n) is 32.3. The van der Waals surface area contributed by atoms with E-state index in [9.17, 15) is 35.1 Å². The maximum atomic E-state index is 14.4. The molecule has 0 saturated carbocycles. The molecule has 0 N–H and O–H groups in total. The topological polar surface area (TPSA) is 58.2 Å². The molecule has 10 aromatic rings. The summed E-state index contributed by atoms with van der Waals surface area (Å²) in [5.74, 6) is -4.61. The van der Waals surface area contributed by atoms with Crippen molar-refractivity contribution in [2.75, 3.05) is 65.2 Å². The SMILES string of the molecule is CN1c2ccccc2N2c3c(F)cc(F)cc3CC12.Cc1cc2c(c(C)n1)N1C=CN(C)C1C2.Cc1cc2c(c(C)n1)N1c3ccccc3N(C)C1C2.Cc1ccc(N2C=CN(c3[c-]cc(F)cc3F)[CH-]2)c(F)c1.Cc1ccc(N2[CH-]N(c3[c-]cc(F)cc3F)c3ccccc32)c(F)c1.[Ir].[Ir]. The maximum Gasteiger partial charge on any atom is 0.150 e. The number of hydrogen-bond acceptors (Lipinski definition) is 12. The molecule has 22 heteroatoms. The molecule has 2 radical (unpaired) electrons. The molecule has 12 nitrogen and oxygen atoms in total. The molecule has 0 bridgehead atoms. The van der Waals surface area contributed by atoms with Crippen LogP contribution in [0.25, 0.3) is 0 Å². The van der Waals surface area contributed by atoms with Crippen LogP contribution in [0.5, 0.6) is 0 Å². The normalized spacial score (nSPS) is 16.8. The van der Waals surface area contributed by atoms with E-state index in [0.29, 0.717) is 47.2 Å². The number of para-hydroxylation sites is 6. The van der Waals surface area contributed by atoms with Crippen molar-refractivity contribution < 1.29 is 75.3 Å². The van der Waals surface area contributed by atoms with Gasteiger partial charge in [0.15, 0.2) is 0 Å². The van der Waals surface area contributed by atoms with Crippen LogP contribution in [0, 0.1) is 114 Å². The van der Waals surface area contributed by atoms with Crippen molar-refractivity contribution in [1.82, 2.24) is 14.9 Å². The van der Waals surface area contributed by atoms with E-state index in [-0.39, 0.29) is 69.4 Å². The van der Waals surface area contributed by atoms with Gasteiger partial charge in [-0.05, 0) is 161 Å². The van der Waals surface area contributed by atoms with Crippen LogP contribution in [0.4, 0.5) is 109 Å². The third-order valence-corrected chi connectivity index (χ3v) is 18.8. The molecule has 18 rings (SSSR count). The number of nitrogens with zero attached hydrogens (tertiary/aromatic N) is 12. The molecule has 0 fully saturated rings. The first-order chi connectivity index (χ1) is 47.6. The Balaban J connectivity index is 0.000000120. The summed E-state index contributed by atoms with van der Waals surface area (Å²) >= 11 is 0. The van der Waals surface area contributed by atoms with Gasteiger partial charge in [0.05, 0.1) is 51.2 Å². The maximum absolute atomic E-state index is 14.4. The summed E-state index contributed by atoms with van der Waals surface area (Å²) in [6.45, 7) is 15.0. The van der Waals surface area contributed by atoms with Gasteiger partial charge in [0.2, 0.25) is 0 Å². The number of benzene rings is 8. The predicted octanol–water partition coefficient (Wildman–Crippen LogP) is 18.2.